The van der Waals surface area contributed by atoms with Gasteiger partial charge in [-0.3, -0.25) is 0 Å². The Morgan fingerprint density at radius 1 is 1.08 bits per heavy atom. The Kier molecular flexibility index (Phi) is 4.94. The van der Waals surface area contributed by atoms with Crippen LogP contribution in [0.15, 0.2) is 48.5 Å². The second kappa shape index (κ2) is 7.02. The Labute approximate surface area is 156 Å². The smallest absolute Gasteiger partial charge is 0.319 e. The maximum absolute atomic E-state index is 12.5. The van der Waals surface area contributed by atoms with E-state index in [9.17, 15) is 4.79 Å². The van der Waals surface area contributed by atoms with Gasteiger partial charge in [0.15, 0.2) is 0 Å². The molecule has 0 aromatic heterocycles. The van der Waals surface area contributed by atoms with Crippen molar-refractivity contribution in [3.05, 3.63) is 59.7 Å². The minimum atomic E-state index is -0.151. The summed E-state index contributed by atoms with van der Waals surface area (Å²) in [4.78, 5) is 12.5. The van der Waals surface area contributed by atoms with Gasteiger partial charge in [0, 0.05) is 17.6 Å². The summed E-state index contributed by atoms with van der Waals surface area (Å²) in [6.45, 7) is 7.08. The second-order valence-electron chi connectivity index (χ2n) is 8.11. The number of nitrogens with one attached hydrogen (secondary N) is 2. The van der Waals surface area contributed by atoms with Crippen molar-refractivity contribution in [1.82, 2.24) is 5.32 Å². The van der Waals surface area contributed by atoms with E-state index < -0.39 is 0 Å². The molecule has 1 aliphatic rings. The number of methoxy groups -OCH3 is 1. The lowest BCUT2D eigenvalue weighted by atomic mass is 9.86. The number of anilines is 1. The quantitative estimate of drug-likeness (QED) is 0.808. The number of amides is 2. The standard InChI is InChI=1S/C22H28N2O2/c1-21(2,3)18-7-5-6-8-19(18)24-20(25)23-15-22(13-14-22)16-9-11-17(26-4)12-10-16/h5-12H,13-15H2,1-4H3,(H2,23,24,25). The zero-order valence-corrected chi connectivity index (χ0v) is 16.1. The van der Waals surface area contributed by atoms with E-state index in [1.165, 1.54) is 5.56 Å². The molecule has 1 fully saturated rings. The van der Waals surface area contributed by atoms with E-state index in [1.54, 1.807) is 7.11 Å². The van der Waals surface area contributed by atoms with E-state index in [1.807, 2.05) is 30.3 Å². The van der Waals surface area contributed by atoms with E-state index in [4.69, 9.17) is 4.74 Å². The largest absolute Gasteiger partial charge is 0.497 e. The molecule has 0 radical (unpaired) electrons. The van der Waals surface area contributed by atoms with Crippen LogP contribution in [0, 0.1) is 0 Å². The van der Waals surface area contributed by atoms with Crippen LogP contribution in [0.1, 0.15) is 44.7 Å². The molecule has 1 saturated carbocycles. The van der Waals surface area contributed by atoms with Gasteiger partial charge in [-0.1, -0.05) is 51.1 Å². The lowest BCUT2D eigenvalue weighted by Crippen LogP contribution is -2.36. The number of ether oxygens (including phenoxy) is 1. The fourth-order valence-electron chi connectivity index (χ4n) is 3.33. The monoisotopic (exact) mass is 352 g/mol. The van der Waals surface area contributed by atoms with Gasteiger partial charge in [0.25, 0.3) is 0 Å². The van der Waals surface area contributed by atoms with Crippen molar-refractivity contribution in [2.45, 2.75) is 44.4 Å². The Bertz CT molecular complexity index is 771. The second-order valence-corrected chi connectivity index (χ2v) is 8.11. The molecule has 0 spiro atoms. The average molecular weight is 352 g/mol. The fourth-order valence-corrected chi connectivity index (χ4v) is 3.33. The molecule has 26 heavy (non-hydrogen) atoms. The number of carbonyl (C=O) groups is 1. The van der Waals surface area contributed by atoms with Crippen molar-refractivity contribution in [2.75, 3.05) is 19.0 Å². The Morgan fingerprint density at radius 2 is 1.73 bits per heavy atom. The summed E-state index contributed by atoms with van der Waals surface area (Å²) in [5.41, 5.74) is 3.30. The molecular formula is C22H28N2O2. The molecule has 0 unspecified atom stereocenters. The summed E-state index contributed by atoms with van der Waals surface area (Å²) in [5.74, 6) is 0.856. The number of carbonyl (C=O) groups excluding carboxylic acids is 1. The van der Waals surface area contributed by atoms with E-state index >= 15 is 0 Å². The first-order chi connectivity index (χ1) is 12.3. The molecule has 138 valence electrons. The molecule has 2 N–H and O–H groups in total. The highest BCUT2D eigenvalue weighted by Gasteiger charge is 2.44. The van der Waals surface area contributed by atoms with Crippen molar-refractivity contribution < 1.29 is 9.53 Å². The third-order valence-electron chi connectivity index (χ3n) is 5.13. The molecule has 2 aromatic carbocycles. The summed E-state index contributed by atoms with van der Waals surface area (Å²) in [7, 11) is 1.67. The molecule has 0 heterocycles. The Hall–Kier alpha value is -2.49. The molecular weight excluding hydrogens is 324 g/mol. The molecule has 4 nitrogen and oxygen atoms in total. The highest BCUT2D eigenvalue weighted by Crippen LogP contribution is 2.47. The van der Waals surface area contributed by atoms with Gasteiger partial charge in [0.05, 0.1) is 7.11 Å². The van der Waals surface area contributed by atoms with Gasteiger partial charge in [-0.25, -0.2) is 4.79 Å². The van der Waals surface area contributed by atoms with Crippen molar-refractivity contribution >= 4 is 11.7 Å². The average Bonchev–Trinajstić information content (AvgIpc) is 3.41. The first-order valence-corrected chi connectivity index (χ1v) is 9.13. The number of benzene rings is 2. The van der Waals surface area contributed by atoms with Gasteiger partial charge in [0.2, 0.25) is 0 Å². The van der Waals surface area contributed by atoms with Crippen LogP contribution in [-0.2, 0) is 10.8 Å². The van der Waals surface area contributed by atoms with Gasteiger partial charge >= 0.3 is 6.03 Å². The van der Waals surface area contributed by atoms with E-state index in [0.717, 1.165) is 29.8 Å². The predicted molar refractivity (Wildman–Crippen MR) is 106 cm³/mol. The normalized spacial score (nSPS) is 15.2. The topological polar surface area (TPSA) is 50.4 Å². The first-order valence-electron chi connectivity index (χ1n) is 9.13. The lowest BCUT2D eigenvalue weighted by Gasteiger charge is -2.23. The molecule has 0 atom stereocenters. The SMILES string of the molecule is COc1ccc(C2(CNC(=O)Nc3ccccc3C(C)(C)C)CC2)cc1. The van der Waals surface area contributed by atoms with Crippen LogP contribution in [0.4, 0.5) is 10.5 Å². The number of hydrogen-bond donors (Lipinski definition) is 2. The van der Waals surface area contributed by atoms with Crippen molar-refractivity contribution in [3.63, 3.8) is 0 Å². The molecule has 1 aliphatic carbocycles. The van der Waals surface area contributed by atoms with Crippen LogP contribution in [0.3, 0.4) is 0 Å². The molecule has 0 saturated heterocycles. The maximum Gasteiger partial charge on any atom is 0.319 e. The highest BCUT2D eigenvalue weighted by atomic mass is 16.5. The van der Waals surface area contributed by atoms with Crippen LogP contribution in [0.25, 0.3) is 0 Å². The van der Waals surface area contributed by atoms with E-state index in [0.29, 0.717) is 6.54 Å². The van der Waals surface area contributed by atoms with Crippen LogP contribution in [0.2, 0.25) is 0 Å². The Balaban J connectivity index is 1.63. The van der Waals surface area contributed by atoms with Crippen LogP contribution >= 0.6 is 0 Å². The molecule has 0 bridgehead atoms. The minimum absolute atomic E-state index is 0.0231. The molecule has 3 rings (SSSR count). The Morgan fingerprint density at radius 3 is 2.31 bits per heavy atom. The molecule has 2 aromatic rings. The lowest BCUT2D eigenvalue weighted by molar-refractivity contribution is 0.251. The van der Waals surface area contributed by atoms with Gasteiger partial charge < -0.3 is 15.4 Å². The third-order valence-corrected chi connectivity index (χ3v) is 5.13. The van der Waals surface area contributed by atoms with Crippen molar-refractivity contribution in [2.24, 2.45) is 0 Å². The zero-order valence-electron chi connectivity index (χ0n) is 16.1. The number of urea groups is 1. The predicted octanol–water partition coefficient (Wildman–Crippen LogP) is 4.85. The number of para-hydroxylation sites is 1. The molecule has 2 amide bonds. The molecule has 0 aliphatic heterocycles. The third kappa shape index (κ3) is 4.01. The fraction of sp³-hybridized carbons (Fsp3) is 0.409. The highest BCUT2D eigenvalue weighted by molar-refractivity contribution is 5.90. The maximum atomic E-state index is 12.5. The van der Waals surface area contributed by atoms with Gasteiger partial charge in [-0.2, -0.15) is 0 Å². The van der Waals surface area contributed by atoms with Gasteiger partial charge in [0.1, 0.15) is 5.75 Å². The van der Waals surface area contributed by atoms with E-state index in [2.05, 4.69) is 49.6 Å². The summed E-state index contributed by atoms with van der Waals surface area (Å²) >= 11 is 0. The van der Waals surface area contributed by atoms with Crippen LogP contribution in [-0.4, -0.2) is 19.7 Å². The molecule has 4 heteroatoms. The summed E-state index contributed by atoms with van der Waals surface area (Å²) in [6.07, 6.45) is 2.19. The summed E-state index contributed by atoms with van der Waals surface area (Å²) in [5, 5.41) is 6.08. The number of hydrogen-bond acceptors (Lipinski definition) is 2. The summed E-state index contributed by atoms with van der Waals surface area (Å²) in [6, 6.07) is 16.0. The van der Waals surface area contributed by atoms with E-state index in [-0.39, 0.29) is 16.9 Å². The zero-order chi connectivity index (χ0) is 18.8. The van der Waals surface area contributed by atoms with Crippen LogP contribution in [0.5, 0.6) is 5.75 Å². The van der Waals surface area contributed by atoms with Crippen molar-refractivity contribution in [1.29, 1.82) is 0 Å². The van der Waals surface area contributed by atoms with Crippen LogP contribution < -0.4 is 15.4 Å². The van der Waals surface area contributed by atoms with Gasteiger partial charge in [-0.05, 0) is 47.6 Å². The number of rotatable bonds is 5. The van der Waals surface area contributed by atoms with Crippen molar-refractivity contribution in [3.8, 4) is 5.75 Å². The first kappa shape index (κ1) is 18.3. The minimum Gasteiger partial charge on any atom is -0.497 e. The van der Waals surface area contributed by atoms with Gasteiger partial charge in [-0.15, -0.1) is 0 Å². The summed E-state index contributed by atoms with van der Waals surface area (Å²) < 4.78 is 5.23.